The minimum absolute atomic E-state index is 0.197. The van der Waals surface area contributed by atoms with Gasteiger partial charge in [-0.05, 0) is 47.8 Å². The lowest BCUT2D eigenvalue weighted by molar-refractivity contribution is -0.115. The summed E-state index contributed by atoms with van der Waals surface area (Å²) in [4.78, 5) is 36.8. The summed E-state index contributed by atoms with van der Waals surface area (Å²) in [6, 6.07) is 16.8. The van der Waals surface area contributed by atoms with Crippen molar-refractivity contribution in [2.75, 3.05) is 17.2 Å². The predicted molar refractivity (Wildman–Crippen MR) is 111 cm³/mol. The molecule has 1 heterocycles. The molecule has 0 unspecified atom stereocenters. The fraction of sp³-hybridized carbons (Fsp3) is 0.0500. The summed E-state index contributed by atoms with van der Waals surface area (Å²) < 4.78 is 0. The fourth-order valence-corrected chi connectivity index (χ4v) is 3.18. The van der Waals surface area contributed by atoms with Gasteiger partial charge in [-0.15, -0.1) is 11.3 Å². The minimum atomic E-state index is -0.394. The summed E-state index contributed by atoms with van der Waals surface area (Å²) in [5.74, 6) is -1.00. The van der Waals surface area contributed by atoms with Crippen molar-refractivity contribution in [1.82, 2.24) is 5.32 Å². The topological polar surface area (TPSA) is 87.3 Å². The first kappa shape index (κ1) is 19.6. The molecular weight excluding hydrogens is 398 g/mol. The van der Waals surface area contributed by atoms with Crippen LogP contribution in [0.3, 0.4) is 0 Å². The van der Waals surface area contributed by atoms with E-state index in [1.54, 1.807) is 54.6 Å². The van der Waals surface area contributed by atoms with Gasteiger partial charge in [-0.2, -0.15) is 0 Å². The zero-order chi connectivity index (χ0) is 19.9. The van der Waals surface area contributed by atoms with Crippen LogP contribution in [0.4, 0.5) is 11.4 Å². The molecular formula is C20H16ClN3O3S. The number of hydrogen-bond donors (Lipinski definition) is 3. The molecule has 0 atom stereocenters. The van der Waals surface area contributed by atoms with Gasteiger partial charge in [-0.1, -0.05) is 29.8 Å². The molecule has 0 spiro atoms. The molecule has 3 aromatic rings. The van der Waals surface area contributed by atoms with Crippen LogP contribution >= 0.6 is 22.9 Å². The number of benzene rings is 2. The molecule has 3 N–H and O–H groups in total. The Morgan fingerprint density at radius 1 is 0.857 bits per heavy atom. The van der Waals surface area contributed by atoms with E-state index in [1.807, 2.05) is 5.38 Å². The minimum Gasteiger partial charge on any atom is -0.343 e. The maximum absolute atomic E-state index is 12.1. The molecule has 0 radical (unpaired) electrons. The highest BCUT2D eigenvalue weighted by molar-refractivity contribution is 7.12. The molecule has 0 aliphatic rings. The van der Waals surface area contributed by atoms with Crippen LogP contribution in [0.2, 0.25) is 5.02 Å². The Hall–Kier alpha value is -3.16. The number of thiophene rings is 1. The van der Waals surface area contributed by atoms with Gasteiger partial charge in [0.15, 0.2) is 0 Å². The zero-order valence-electron chi connectivity index (χ0n) is 14.6. The number of carbonyl (C=O) groups is 3. The third kappa shape index (κ3) is 5.42. The maximum Gasteiger partial charge on any atom is 0.265 e. The highest BCUT2D eigenvalue weighted by Crippen LogP contribution is 2.17. The number of carbonyl (C=O) groups excluding carboxylic acids is 3. The van der Waals surface area contributed by atoms with Crippen LogP contribution in [-0.2, 0) is 4.79 Å². The number of amides is 3. The standard InChI is InChI=1S/C20H16ClN3O3S/c21-14-5-1-4-13(10-14)19(26)22-12-18(25)23-15-6-2-7-16(11-15)24-20(27)17-8-3-9-28-17/h1-11H,12H2,(H,22,26)(H,23,25)(H,24,27). The van der Waals surface area contributed by atoms with Gasteiger partial charge in [0.1, 0.15) is 0 Å². The summed E-state index contributed by atoms with van der Waals surface area (Å²) in [6.45, 7) is -0.197. The highest BCUT2D eigenvalue weighted by atomic mass is 35.5. The second-order valence-electron chi connectivity index (χ2n) is 5.75. The molecule has 0 aliphatic heterocycles. The summed E-state index contributed by atoms with van der Waals surface area (Å²) >= 11 is 7.20. The molecule has 2 aromatic carbocycles. The van der Waals surface area contributed by atoms with Gasteiger partial charge in [0.25, 0.3) is 11.8 Å². The van der Waals surface area contributed by atoms with Crippen LogP contribution in [0.15, 0.2) is 66.0 Å². The molecule has 0 saturated heterocycles. The summed E-state index contributed by atoms with van der Waals surface area (Å²) in [5.41, 5.74) is 1.43. The van der Waals surface area contributed by atoms with Crippen LogP contribution in [0.1, 0.15) is 20.0 Å². The molecule has 0 saturated carbocycles. The van der Waals surface area contributed by atoms with Crippen LogP contribution < -0.4 is 16.0 Å². The van der Waals surface area contributed by atoms with E-state index in [4.69, 9.17) is 11.6 Å². The SMILES string of the molecule is O=C(CNC(=O)c1cccc(Cl)c1)Nc1cccc(NC(=O)c2cccs2)c1. The Morgan fingerprint density at radius 2 is 1.61 bits per heavy atom. The third-order valence-electron chi connectivity index (χ3n) is 3.65. The maximum atomic E-state index is 12.1. The lowest BCUT2D eigenvalue weighted by Crippen LogP contribution is -2.32. The van der Waals surface area contributed by atoms with Crippen molar-refractivity contribution in [1.29, 1.82) is 0 Å². The molecule has 0 aliphatic carbocycles. The van der Waals surface area contributed by atoms with Crippen molar-refractivity contribution in [3.63, 3.8) is 0 Å². The average Bonchev–Trinajstić information content (AvgIpc) is 3.21. The normalized spacial score (nSPS) is 10.2. The van der Waals surface area contributed by atoms with Crippen molar-refractivity contribution in [3.8, 4) is 0 Å². The van der Waals surface area contributed by atoms with Crippen LogP contribution in [0, 0.1) is 0 Å². The molecule has 8 heteroatoms. The molecule has 28 heavy (non-hydrogen) atoms. The van der Waals surface area contributed by atoms with Crippen molar-refractivity contribution in [2.24, 2.45) is 0 Å². The van der Waals surface area contributed by atoms with Crippen LogP contribution in [0.25, 0.3) is 0 Å². The zero-order valence-corrected chi connectivity index (χ0v) is 16.1. The van der Waals surface area contributed by atoms with E-state index in [0.717, 1.165) is 0 Å². The molecule has 142 valence electrons. The third-order valence-corrected chi connectivity index (χ3v) is 4.75. The van der Waals surface area contributed by atoms with E-state index in [1.165, 1.54) is 17.4 Å². The van der Waals surface area contributed by atoms with Crippen molar-refractivity contribution in [2.45, 2.75) is 0 Å². The first-order valence-electron chi connectivity index (χ1n) is 8.30. The summed E-state index contributed by atoms with van der Waals surface area (Å²) in [5, 5.41) is 10.3. The summed E-state index contributed by atoms with van der Waals surface area (Å²) in [6.07, 6.45) is 0. The van der Waals surface area contributed by atoms with Gasteiger partial charge in [0.2, 0.25) is 5.91 Å². The van der Waals surface area contributed by atoms with E-state index < -0.39 is 11.8 Å². The monoisotopic (exact) mass is 413 g/mol. The van der Waals surface area contributed by atoms with Gasteiger partial charge >= 0.3 is 0 Å². The fourth-order valence-electron chi connectivity index (χ4n) is 2.37. The predicted octanol–water partition coefficient (Wildman–Crippen LogP) is 4.02. The van der Waals surface area contributed by atoms with E-state index in [0.29, 0.717) is 26.8 Å². The molecule has 6 nitrogen and oxygen atoms in total. The van der Waals surface area contributed by atoms with Crippen LogP contribution in [0.5, 0.6) is 0 Å². The van der Waals surface area contributed by atoms with Crippen molar-refractivity contribution in [3.05, 3.63) is 81.5 Å². The molecule has 0 bridgehead atoms. The Bertz CT molecular complexity index is 1010. The molecule has 1 aromatic heterocycles. The molecule has 3 rings (SSSR count). The lowest BCUT2D eigenvalue weighted by atomic mass is 10.2. The van der Waals surface area contributed by atoms with Gasteiger partial charge in [0, 0.05) is 22.0 Å². The van der Waals surface area contributed by atoms with Gasteiger partial charge in [0.05, 0.1) is 11.4 Å². The Kier molecular flexibility index (Phi) is 6.41. The second kappa shape index (κ2) is 9.16. The van der Waals surface area contributed by atoms with E-state index >= 15 is 0 Å². The average molecular weight is 414 g/mol. The molecule has 0 fully saturated rings. The number of rotatable bonds is 6. The second-order valence-corrected chi connectivity index (χ2v) is 7.14. The smallest absolute Gasteiger partial charge is 0.265 e. The number of hydrogen-bond acceptors (Lipinski definition) is 4. The van der Waals surface area contributed by atoms with Gasteiger partial charge in [-0.25, -0.2) is 0 Å². The molecule has 3 amide bonds. The first-order valence-corrected chi connectivity index (χ1v) is 9.55. The lowest BCUT2D eigenvalue weighted by Gasteiger charge is -2.09. The van der Waals surface area contributed by atoms with Crippen molar-refractivity contribution >= 4 is 52.0 Å². The number of anilines is 2. The largest absolute Gasteiger partial charge is 0.343 e. The van der Waals surface area contributed by atoms with Gasteiger partial charge in [-0.3, -0.25) is 14.4 Å². The van der Waals surface area contributed by atoms with Gasteiger partial charge < -0.3 is 16.0 Å². The van der Waals surface area contributed by atoms with E-state index in [-0.39, 0.29) is 12.5 Å². The quantitative estimate of drug-likeness (QED) is 0.570. The Morgan fingerprint density at radius 3 is 2.32 bits per heavy atom. The number of nitrogens with one attached hydrogen (secondary N) is 3. The Balaban J connectivity index is 1.54. The Labute approximate surface area is 170 Å². The van der Waals surface area contributed by atoms with Crippen LogP contribution in [-0.4, -0.2) is 24.3 Å². The van der Waals surface area contributed by atoms with E-state index in [2.05, 4.69) is 16.0 Å². The first-order chi connectivity index (χ1) is 13.5. The number of halogens is 1. The summed E-state index contributed by atoms with van der Waals surface area (Å²) in [7, 11) is 0. The highest BCUT2D eigenvalue weighted by Gasteiger charge is 2.10. The van der Waals surface area contributed by atoms with E-state index in [9.17, 15) is 14.4 Å². The van der Waals surface area contributed by atoms with Crippen molar-refractivity contribution < 1.29 is 14.4 Å².